The Morgan fingerprint density at radius 1 is 1.14 bits per heavy atom. The van der Waals surface area contributed by atoms with Gasteiger partial charge in [0.15, 0.2) is 9.84 Å². The molecule has 14 heavy (non-hydrogen) atoms. The fourth-order valence-electron chi connectivity index (χ4n) is 0.984. The summed E-state index contributed by atoms with van der Waals surface area (Å²) in [6.07, 6.45) is 7.16. The van der Waals surface area contributed by atoms with Crippen LogP contribution in [0.5, 0.6) is 0 Å². The number of hydrogen-bond acceptors (Lipinski definition) is 2. The maximum atomic E-state index is 10.9. The Bertz CT molecular complexity index is 317. The summed E-state index contributed by atoms with van der Waals surface area (Å²) >= 11 is 0. The fraction of sp³-hybridized carbons (Fsp3) is 0.636. The molecule has 0 amide bonds. The second-order valence-corrected chi connectivity index (χ2v) is 6.15. The summed E-state index contributed by atoms with van der Waals surface area (Å²) in [5.74, 6) is 0.160. The number of rotatable bonds is 5. The Hall–Kier alpha value is -0.570. The lowest BCUT2D eigenvalue weighted by atomic mass is 10.1. The zero-order chi connectivity index (χ0) is 11.2. The quantitative estimate of drug-likeness (QED) is 0.662. The van der Waals surface area contributed by atoms with E-state index in [9.17, 15) is 8.42 Å². The first-order chi connectivity index (χ1) is 6.31. The zero-order valence-corrected chi connectivity index (χ0v) is 10.3. The van der Waals surface area contributed by atoms with E-state index in [0.29, 0.717) is 0 Å². The van der Waals surface area contributed by atoms with E-state index in [-0.39, 0.29) is 5.75 Å². The topological polar surface area (TPSA) is 34.1 Å². The normalized spacial score (nSPS) is 12.7. The molecular weight excluding hydrogens is 196 g/mol. The van der Waals surface area contributed by atoms with Crippen molar-refractivity contribution in [2.45, 2.75) is 33.6 Å². The predicted molar refractivity (Wildman–Crippen MR) is 62.1 cm³/mol. The highest BCUT2D eigenvalue weighted by molar-refractivity contribution is 7.90. The van der Waals surface area contributed by atoms with Crippen LogP contribution in [0.25, 0.3) is 0 Å². The Kier molecular flexibility index (Phi) is 5.77. The highest BCUT2D eigenvalue weighted by Crippen LogP contribution is 2.06. The highest BCUT2D eigenvalue weighted by Gasteiger charge is 1.98. The first-order valence-electron chi connectivity index (χ1n) is 4.78. The summed E-state index contributed by atoms with van der Waals surface area (Å²) < 4.78 is 21.7. The maximum absolute atomic E-state index is 10.9. The third-order valence-corrected chi connectivity index (χ3v) is 2.60. The Morgan fingerprint density at radius 3 is 2.14 bits per heavy atom. The van der Waals surface area contributed by atoms with Gasteiger partial charge in [-0.25, -0.2) is 8.42 Å². The molecule has 0 radical (unpaired) electrons. The van der Waals surface area contributed by atoms with Gasteiger partial charge in [0.1, 0.15) is 0 Å². The van der Waals surface area contributed by atoms with Gasteiger partial charge in [0.2, 0.25) is 0 Å². The van der Waals surface area contributed by atoms with E-state index < -0.39 is 9.84 Å². The summed E-state index contributed by atoms with van der Waals surface area (Å²) in [6.45, 7) is 6.11. The summed E-state index contributed by atoms with van der Waals surface area (Å²) in [7, 11) is -2.85. The lowest BCUT2D eigenvalue weighted by Crippen LogP contribution is -2.00. The molecule has 82 valence electrons. The monoisotopic (exact) mass is 216 g/mol. The van der Waals surface area contributed by atoms with Crippen LogP contribution in [0, 0.1) is 0 Å². The van der Waals surface area contributed by atoms with Crippen LogP contribution in [0.4, 0.5) is 0 Å². The van der Waals surface area contributed by atoms with Gasteiger partial charge in [0.05, 0.1) is 5.75 Å². The molecule has 0 aliphatic carbocycles. The molecule has 0 atom stereocenters. The number of allylic oxidation sites excluding steroid dienone is 3. The highest BCUT2D eigenvalue weighted by atomic mass is 32.2. The molecule has 0 N–H and O–H groups in total. The largest absolute Gasteiger partial charge is 0.229 e. The summed E-state index contributed by atoms with van der Waals surface area (Å²) in [5.41, 5.74) is 2.45. The van der Waals surface area contributed by atoms with Crippen LogP contribution in [0.3, 0.4) is 0 Å². The molecule has 0 saturated carbocycles. The van der Waals surface area contributed by atoms with Crippen LogP contribution < -0.4 is 0 Å². The van der Waals surface area contributed by atoms with Crippen molar-refractivity contribution in [2.75, 3.05) is 12.0 Å². The van der Waals surface area contributed by atoms with Crippen LogP contribution in [0.2, 0.25) is 0 Å². The van der Waals surface area contributed by atoms with E-state index in [0.717, 1.165) is 18.4 Å². The van der Waals surface area contributed by atoms with E-state index in [2.05, 4.69) is 19.9 Å². The fourth-order valence-corrected chi connectivity index (χ4v) is 1.57. The van der Waals surface area contributed by atoms with Crippen molar-refractivity contribution in [3.63, 3.8) is 0 Å². The minimum Gasteiger partial charge on any atom is -0.229 e. The third kappa shape index (κ3) is 9.52. The van der Waals surface area contributed by atoms with Gasteiger partial charge in [0.25, 0.3) is 0 Å². The van der Waals surface area contributed by atoms with Gasteiger partial charge in [-0.05, 0) is 33.6 Å². The van der Waals surface area contributed by atoms with Crippen molar-refractivity contribution in [1.29, 1.82) is 0 Å². The molecule has 0 saturated heterocycles. The van der Waals surface area contributed by atoms with Gasteiger partial charge in [-0.2, -0.15) is 0 Å². The predicted octanol–water partition coefficient (Wildman–Crippen LogP) is 2.72. The maximum Gasteiger partial charge on any atom is 0.151 e. The molecule has 3 heteroatoms. The molecule has 2 nitrogen and oxygen atoms in total. The second-order valence-electron chi connectivity index (χ2n) is 3.96. The zero-order valence-electron chi connectivity index (χ0n) is 9.50. The minimum atomic E-state index is -2.85. The summed E-state index contributed by atoms with van der Waals surface area (Å²) in [4.78, 5) is 0. The second kappa shape index (κ2) is 6.02. The average Bonchev–Trinajstić information content (AvgIpc) is 1.99. The van der Waals surface area contributed by atoms with Crippen molar-refractivity contribution in [3.05, 3.63) is 23.3 Å². The van der Waals surface area contributed by atoms with E-state index in [1.54, 1.807) is 6.08 Å². The molecule has 0 aliphatic heterocycles. The van der Waals surface area contributed by atoms with Crippen molar-refractivity contribution < 1.29 is 8.42 Å². The van der Waals surface area contributed by atoms with Gasteiger partial charge in [-0.3, -0.25) is 0 Å². The number of sulfone groups is 1. The third-order valence-electron chi connectivity index (χ3n) is 1.83. The van der Waals surface area contributed by atoms with E-state index in [4.69, 9.17) is 0 Å². The lowest BCUT2D eigenvalue weighted by molar-refractivity contribution is 0.604. The standard InChI is InChI=1S/C11H20O2S/c1-10(2)6-5-7-11(3)8-9-14(4,12)13/h6,8H,5,7,9H2,1-4H3. The van der Waals surface area contributed by atoms with Gasteiger partial charge in [-0.15, -0.1) is 0 Å². The Morgan fingerprint density at radius 2 is 1.71 bits per heavy atom. The molecule has 0 heterocycles. The van der Waals surface area contributed by atoms with Gasteiger partial charge < -0.3 is 0 Å². The molecule has 0 bridgehead atoms. The molecule has 0 spiro atoms. The van der Waals surface area contributed by atoms with Gasteiger partial charge >= 0.3 is 0 Å². The molecule has 0 aliphatic rings. The van der Waals surface area contributed by atoms with E-state index in [1.807, 2.05) is 6.92 Å². The average molecular weight is 216 g/mol. The molecule has 0 aromatic rings. The molecule has 0 aromatic carbocycles. The molecule has 0 aromatic heterocycles. The number of hydrogen-bond donors (Lipinski definition) is 0. The Balaban J connectivity index is 3.97. The summed E-state index contributed by atoms with van der Waals surface area (Å²) in [5, 5.41) is 0. The molecular formula is C11H20O2S. The SMILES string of the molecule is CC(C)=CCCC(C)=CCS(C)(=O)=O. The molecule has 0 unspecified atom stereocenters. The van der Waals surface area contributed by atoms with Crippen molar-refractivity contribution in [1.82, 2.24) is 0 Å². The Labute approximate surface area is 87.6 Å². The lowest BCUT2D eigenvalue weighted by Gasteiger charge is -1.98. The van der Waals surface area contributed by atoms with E-state index >= 15 is 0 Å². The van der Waals surface area contributed by atoms with Gasteiger partial charge in [0, 0.05) is 6.26 Å². The summed E-state index contributed by atoms with van der Waals surface area (Å²) in [6, 6.07) is 0. The minimum absolute atomic E-state index is 0.160. The van der Waals surface area contributed by atoms with E-state index in [1.165, 1.54) is 11.8 Å². The smallest absolute Gasteiger partial charge is 0.151 e. The van der Waals surface area contributed by atoms with Gasteiger partial charge in [-0.1, -0.05) is 23.3 Å². The van der Waals surface area contributed by atoms with Crippen LogP contribution in [0.15, 0.2) is 23.3 Å². The van der Waals surface area contributed by atoms with Crippen molar-refractivity contribution in [2.24, 2.45) is 0 Å². The van der Waals surface area contributed by atoms with Crippen LogP contribution in [-0.4, -0.2) is 20.4 Å². The first kappa shape index (κ1) is 13.4. The van der Waals surface area contributed by atoms with Crippen LogP contribution in [0.1, 0.15) is 33.6 Å². The van der Waals surface area contributed by atoms with Crippen LogP contribution in [-0.2, 0) is 9.84 Å². The first-order valence-corrected chi connectivity index (χ1v) is 6.84. The molecule has 0 fully saturated rings. The van der Waals surface area contributed by atoms with Crippen LogP contribution >= 0.6 is 0 Å². The van der Waals surface area contributed by atoms with Crippen molar-refractivity contribution in [3.8, 4) is 0 Å². The molecule has 0 rings (SSSR count). The van der Waals surface area contributed by atoms with Crippen molar-refractivity contribution >= 4 is 9.84 Å².